The predicted octanol–water partition coefficient (Wildman–Crippen LogP) is 0.934. The molecular formula is C10H24N4. The minimum absolute atomic E-state index is 0.187. The Labute approximate surface area is 87.6 Å². The number of nitrogens with two attached hydrogens (primary N) is 1. The van der Waals surface area contributed by atoms with Gasteiger partial charge in [-0.15, -0.1) is 0 Å². The van der Waals surface area contributed by atoms with Crippen LogP contribution in [0.1, 0.15) is 27.2 Å². The van der Waals surface area contributed by atoms with Crippen molar-refractivity contribution in [2.24, 2.45) is 5.73 Å². The highest BCUT2D eigenvalue weighted by molar-refractivity contribution is 5.74. The smallest absolute Gasteiger partial charge is 0.188 e. The van der Waals surface area contributed by atoms with Crippen molar-refractivity contribution in [3.8, 4) is 0 Å². The van der Waals surface area contributed by atoms with Crippen molar-refractivity contribution >= 4 is 5.96 Å². The van der Waals surface area contributed by atoms with Gasteiger partial charge < -0.3 is 15.5 Å². The van der Waals surface area contributed by atoms with Crippen LogP contribution in [0, 0.1) is 5.41 Å². The molecule has 0 unspecified atom stereocenters. The Morgan fingerprint density at radius 3 is 2.00 bits per heavy atom. The standard InChI is InChI=1S/C10H24N4/c1-4-13(5-2)8-7-9-14(6-3)10(11)12/h4-9H2,1-3H3,(H3,11,12). The van der Waals surface area contributed by atoms with Gasteiger partial charge in [0, 0.05) is 13.1 Å². The topological polar surface area (TPSA) is 56.4 Å². The lowest BCUT2D eigenvalue weighted by Gasteiger charge is -2.23. The van der Waals surface area contributed by atoms with E-state index in [1.54, 1.807) is 0 Å². The van der Waals surface area contributed by atoms with Gasteiger partial charge in [0.25, 0.3) is 0 Å². The molecule has 0 fully saturated rings. The van der Waals surface area contributed by atoms with Crippen molar-refractivity contribution in [3.63, 3.8) is 0 Å². The third kappa shape index (κ3) is 5.07. The molecule has 0 aromatic rings. The monoisotopic (exact) mass is 200 g/mol. The van der Waals surface area contributed by atoms with Crippen molar-refractivity contribution in [1.82, 2.24) is 9.80 Å². The first kappa shape index (κ1) is 13.2. The number of nitrogens with one attached hydrogen (secondary N) is 1. The van der Waals surface area contributed by atoms with Gasteiger partial charge >= 0.3 is 0 Å². The predicted molar refractivity (Wildman–Crippen MR) is 61.6 cm³/mol. The van der Waals surface area contributed by atoms with E-state index in [1.165, 1.54) is 0 Å². The molecule has 0 aliphatic carbocycles. The van der Waals surface area contributed by atoms with Crippen LogP contribution in [-0.4, -0.2) is 48.5 Å². The summed E-state index contributed by atoms with van der Waals surface area (Å²) in [5, 5.41) is 7.32. The summed E-state index contributed by atoms with van der Waals surface area (Å²) in [4.78, 5) is 4.28. The lowest BCUT2D eigenvalue weighted by atomic mass is 10.3. The lowest BCUT2D eigenvalue weighted by Crippen LogP contribution is -2.38. The normalized spacial score (nSPS) is 10.6. The second-order valence-corrected chi connectivity index (χ2v) is 3.35. The maximum Gasteiger partial charge on any atom is 0.188 e. The minimum atomic E-state index is 0.187. The van der Waals surface area contributed by atoms with E-state index in [0.29, 0.717) is 0 Å². The number of nitrogens with zero attached hydrogens (tertiary/aromatic N) is 2. The largest absolute Gasteiger partial charge is 0.370 e. The summed E-state index contributed by atoms with van der Waals surface area (Å²) < 4.78 is 0. The van der Waals surface area contributed by atoms with Crippen LogP contribution in [0.4, 0.5) is 0 Å². The van der Waals surface area contributed by atoms with Crippen LogP contribution in [-0.2, 0) is 0 Å². The van der Waals surface area contributed by atoms with Gasteiger partial charge in [-0.2, -0.15) is 0 Å². The van der Waals surface area contributed by atoms with E-state index in [-0.39, 0.29) is 5.96 Å². The van der Waals surface area contributed by atoms with Gasteiger partial charge in [0.05, 0.1) is 0 Å². The molecule has 0 radical (unpaired) electrons. The molecule has 0 aliphatic rings. The molecule has 3 N–H and O–H groups in total. The summed E-state index contributed by atoms with van der Waals surface area (Å²) >= 11 is 0. The van der Waals surface area contributed by atoms with E-state index < -0.39 is 0 Å². The Morgan fingerprint density at radius 1 is 1.07 bits per heavy atom. The van der Waals surface area contributed by atoms with Gasteiger partial charge in [0.15, 0.2) is 5.96 Å². The number of guanidine groups is 1. The molecule has 4 heteroatoms. The van der Waals surface area contributed by atoms with Crippen molar-refractivity contribution in [1.29, 1.82) is 5.41 Å². The van der Waals surface area contributed by atoms with Crippen LogP contribution in [0.15, 0.2) is 0 Å². The van der Waals surface area contributed by atoms with E-state index in [1.807, 2.05) is 11.8 Å². The van der Waals surface area contributed by atoms with Crippen molar-refractivity contribution in [2.45, 2.75) is 27.2 Å². The van der Waals surface area contributed by atoms with Crippen LogP contribution in [0.2, 0.25) is 0 Å². The molecule has 0 aliphatic heterocycles. The number of rotatable bonds is 7. The maximum absolute atomic E-state index is 7.32. The van der Waals surface area contributed by atoms with Crippen LogP contribution >= 0.6 is 0 Å². The minimum Gasteiger partial charge on any atom is -0.370 e. The second-order valence-electron chi connectivity index (χ2n) is 3.35. The van der Waals surface area contributed by atoms with Gasteiger partial charge in [-0.05, 0) is 33.0 Å². The molecule has 0 atom stereocenters. The fourth-order valence-electron chi connectivity index (χ4n) is 1.47. The zero-order chi connectivity index (χ0) is 11.0. The lowest BCUT2D eigenvalue weighted by molar-refractivity contribution is 0.283. The average molecular weight is 200 g/mol. The summed E-state index contributed by atoms with van der Waals surface area (Å²) in [7, 11) is 0. The third-order valence-electron chi connectivity index (χ3n) is 2.52. The highest BCUT2D eigenvalue weighted by atomic mass is 15.2. The summed E-state index contributed by atoms with van der Waals surface area (Å²) in [6, 6.07) is 0. The van der Waals surface area contributed by atoms with E-state index >= 15 is 0 Å². The molecule has 0 bridgehead atoms. The Kier molecular flexibility index (Phi) is 7.20. The molecular weight excluding hydrogens is 176 g/mol. The van der Waals surface area contributed by atoms with Crippen LogP contribution < -0.4 is 5.73 Å². The second kappa shape index (κ2) is 7.62. The summed E-state index contributed by atoms with van der Waals surface area (Å²) in [5.41, 5.74) is 5.42. The molecule has 0 aromatic carbocycles. The van der Waals surface area contributed by atoms with E-state index in [0.717, 1.165) is 39.1 Å². The first-order valence-corrected chi connectivity index (χ1v) is 5.46. The number of hydrogen-bond donors (Lipinski definition) is 2. The Bertz CT molecular complexity index is 154. The maximum atomic E-state index is 7.32. The zero-order valence-corrected chi connectivity index (χ0v) is 9.71. The molecule has 0 aromatic heterocycles. The number of hydrogen-bond acceptors (Lipinski definition) is 2. The highest BCUT2D eigenvalue weighted by Gasteiger charge is 2.04. The SMILES string of the molecule is CCN(CC)CCCN(CC)C(=N)N. The summed E-state index contributed by atoms with van der Waals surface area (Å²) in [6.45, 7) is 11.4. The Balaban J connectivity index is 3.65. The quantitative estimate of drug-likeness (QED) is 0.475. The van der Waals surface area contributed by atoms with E-state index in [9.17, 15) is 0 Å². The molecule has 0 spiro atoms. The fraction of sp³-hybridized carbons (Fsp3) is 0.900. The average Bonchev–Trinajstić information content (AvgIpc) is 2.18. The van der Waals surface area contributed by atoms with Gasteiger partial charge in [0.1, 0.15) is 0 Å². The Morgan fingerprint density at radius 2 is 1.64 bits per heavy atom. The van der Waals surface area contributed by atoms with Crippen molar-refractivity contribution < 1.29 is 0 Å². The van der Waals surface area contributed by atoms with E-state index in [2.05, 4.69) is 18.7 Å². The van der Waals surface area contributed by atoms with Gasteiger partial charge in [-0.3, -0.25) is 5.41 Å². The zero-order valence-electron chi connectivity index (χ0n) is 9.71. The molecule has 84 valence electrons. The van der Waals surface area contributed by atoms with Gasteiger partial charge in [0.2, 0.25) is 0 Å². The third-order valence-corrected chi connectivity index (χ3v) is 2.52. The molecule has 0 rings (SSSR count). The Hall–Kier alpha value is -0.770. The molecule has 0 saturated carbocycles. The molecule has 0 amide bonds. The first-order valence-electron chi connectivity index (χ1n) is 5.46. The molecule has 0 saturated heterocycles. The van der Waals surface area contributed by atoms with Gasteiger partial charge in [-0.1, -0.05) is 13.8 Å². The summed E-state index contributed by atoms with van der Waals surface area (Å²) in [5.74, 6) is 0.187. The summed E-state index contributed by atoms with van der Waals surface area (Å²) in [6.07, 6.45) is 1.08. The molecule has 4 nitrogen and oxygen atoms in total. The molecule has 14 heavy (non-hydrogen) atoms. The van der Waals surface area contributed by atoms with Crippen LogP contribution in [0.25, 0.3) is 0 Å². The van der Waals surface area contributed by atoms with E-state index in [4.69, 9.17) is 11.1 Å². The fourth-order valence-corrected chi connectivity index (χ4v) is 1.47. The van der Waals surface area contributed by atoms with Crippen LogP contribution in [0.5, 0.6) is 0 Å². The first-order chi connectivity index (χ1) is 6.65. The molecule has 0 heterocycles. The van der Waals surface area contributed by atoms with Crippen molar-refractivity contribution in [2.75, 3.05) is 32.7 Å². The van der Waals surface area contributed by atoms with Crippen molar-refractivity contribution in [3.05, 3.63) is 0 Å². The van der Waals surface area contributed by atoms with Crippen LogP contribution in [0.3, 0.4) is 0 Å². The highest BCUT2D eigenvalue weighted by Crippen LogP contribution is 1.94. The van der Waals surface area contributed by atoms with Gasteiger partial charge in [-0.25, -0.2) is 0 Å².